The molecule has 0 unspecified atom stereocenters. The van der Waals surface area contributed by atoms with E-state index in [1.54, 1.807) is 6.92 Å². The van der Waals surface area contributed by atoms with E-state index in [0.717, 1.165) is 29.7 Å². The summed E-state index contributed by atoms with van der Waals surface area (Å²) in [5.74, 6) is -0.107. The van der Waals surface area contributed by atoms with Crippen molar-refractivity contribution in [2.24, 2.45) is 5.92 Å². The summed E-state index contributed by atoms with van der Waals surface area (Å²) in [4.78, 5) is 36.1. The predicted molar refractivity (Wildman–Crippen MR) is 114 cm³/mol. The molecule has 0 spiro atoms. The van der Waals surface area contributed by atoms with Crippen molar-refractivity contribution in [2.75, 3.05) is 5.32 Å². The van der Waals surface area contributed by atoms with Gasteiger partial charge in [0, 0.05) is 11.6 Å². The van der Waals surface area contributed by atoms with E-state index in [9.17, 15) is 14.4 Å². The van der Waals surface area contributed by atoms with Gasteiger partial charge in [-0.2, -0.15) is 0 Å². The van der Waals surface area contributed by atoms with E-state index < -0.39 is 12.1 Å². The molecule has 2 aromatic carbocycles. The van der Waals surface area contributed by atoms with Gasteiger partial charge < -0.3 is 20.7 Å². The van der Waals surface area contributed by atoms with E-state index in [2.05, 4.69) is 16.0 Å². The fraction of sp³-hybridized carbons (Fsp3) is 0.348. The molecule has 30 heavy (non-hydrogen) atoms. The van der Waals surface area contributed by atoms with Crippen LogP contribution in [0.3, 0.4) is 0 Å². The Kier molecular flexibility index (Phi) is 7.06. The number of anilines is 1. The molecule has 0 bridgehead atoms. The summed E-state index contributed by atoms with van der Waals surface area (Å²) in [5, 5.41) is 8.29. The van der Waals surface area contributed by atoms with Gasteiger partial charge in [-0.15, -0.1) is 0 Å². The molecule has 7 nitrogen and oxygen atoms in total. The zero-order valence-electron chi connectivity index (χ0n) is 17.2. The van der Waals surface area contributed by atoms with Crippen LogP contribution in [0.1, 0.15) is 43.9 Å². The van der Waals surface area contributed by atoms with E-state index in [4.69, 9.17) is 4.74 Å². The second-order valence-electron chi connectivity index (χ2n) is 7.54. The Hall–Kier alpha value is -3.35. The van der Waals surface area contributed by atoms with Crippen LogP contribution in [0.15, 0.2) is 54.6 Å². The van der Waals surface area contributed by atoms with Gasteiger partial charge >= 0.3 is 6.09 Å². The highest BCUT2D eigenvalue weighted by atomic mass is 16.5. The Balaban J connectivity index is 1.43. The SMILES string of the molecule is C[C@@H](NC(=O)OCc1ccccc1)C(=O)N[C@H](C)c1ccc(NC(=O)C2CC2)cc1. The lowest BCUT2D eigenvalue weighted by atomic mass is 10.1. The van der Waals surface area contributed by atoms with Crippen molar-refractivity contribution in [1.82, 2.24) is 10.6 Å². The average Bonchev–Trinajstić information content (AvgIpc) is 3.59. The summed E-state index contributed by atoms with van der Waals surface area (Å²) in [6.45, 7) is 3.60. The van der Waals surface area contributed by atoms with Crippen molar-refractivity contribution in [3.63, 3.8) is 0 Å². The van der Waals surface area contributed by atoms with Crippen molar-refractivity contribution in [1.29, 1.82) is 0 Å². The molecule has 1 fully saturated rings. The standard InChI is InChI=1S/C23H27N3O4/c1-15(18-10-12-20(13-11-18)26-22(28)19-8-9-19)24-21(27)16(2)25-23(29)30-14-17-6-4-3-5-7-17/h3-7,10-13,15-16,19H,8-9,14H2,1-2H3,(H,24,27)(H,25,29)(H,26,28)/t15-,16-/m1/s1. The van der Waals surface area contributed by atoms with Crippen LogP contribution >= 0.6 is 0 Å². The molecule has 1 aliphatic rings. The maximum Gasteiger partial charge on any atom is 0.408 e. The summed E-state index contributed by atoms with van der Waals surface area (Å²) in [7, 11) is 0. The molecule has 3 rings (SSSR count). The second kappa shape index (κ2) is 9.91. The first-order valence-corrected chi connectivity index (χ1v) is 10.1. The highest BCUT2D eigenvalue weighted by Crippen LogP contribution is 2.30. The van der Waals surface area contributed by atoms with Gasteiger partial charge in [-0.25, -0.2) is 4.79 Å². The quantitative estimate of drug-likeness (QED) is 0.621. The lowest BCUT2D eigenvalue weighted by Crippen LogP contribution is -2.45. The van der Waals surface area contributed by atoms with Gasteiger partial charge in [0.1, 0.15) is 12.6 Å². The Morgan fingerprint density at radius 3 is 2.27 bits per heavy atom. The lowest BCUT2D eigenvalue weighted by Gasteiger charge is -2.19. The molecule has 158 valence electrons. The van der Waals surface area contributed by atoms with Gasteiger partial charge in [-0.3, -0.25) is 9.59 Å². The summed E-state index contributed by atoms with van der Waals surface area (Å²) in [6, 6.07) is 15.7. The van der Waals surface area contributed by atoms with Crippen molar-refractivity contribution in [3.8, 4) is 0 Å². The Labute approximate surface area is 176 Å². The molecule has 1 aliphatic carbocycles. The van der Waals surface area contributed by atoms with Gasteiger partial charge in [-0.1, -0.05) is 42.5 Å². The predicted octanol–water partition coefficient (Wildman–Crippen LogP) is 3.53. The molecule has 3 amide bonds. The number of alkyl carbamates (subject to hydrolysis) is 1. The second-order valence-corrected chi connectivity index (χ2v) is 7.54. The smallest absolute Gasteiger partial charge is 0.408 e. The first-order chi connectivity index (χ1) is 14.4. The number of nitrogens with one attached hydrogen (secondary N) is 3. The van der Waals surface area contributed by atoms with Crippen LogP contribution in [0.25, 0.3) is 0 Å². The van der Waals surface area contributed by atoms with Crippen LogP contribution in [0.4, 0.5) is 10.5 Å². The van der Waals surface area contributed by atoms with E-state index in [1.807, 2.05) is 61.5 Å². The van der Waals surface area contributed by atoms with E-state index in [0.29, 0.717) is 0 Å². The van der Waals surface area contributed by atoms with E-state index in [1.165, 1.54) is 0 Å². The Morgan fingerprint density at radius 2 is 1.63 bits per heavy atom. The number of carbonyl (C=O) groups is 3. The first-order valence-electron chi connectivity index (χ1n) is 10.1. The molecule has 0 aromatic heterocycles. The molecular formula is C23H27N3O4. The molecule has 0 radical (unpaired) electrons. The lowest BCUT2D eigenvalue weighted by molar-refractivity contribution is -0.123. The van der Waals surface area contributed by atoms with Gasteiger partial charge in [-0.05, 0) is 49.9 Å². The normalized spacial score (nSPS) is 14.9. The maximum atomic E-state index is 12.4. The molecule has 0 aliphatic heterocycles. The summed E-state index contributed by atoms with van der Waals surface area (Å²) in [6.07, 6.45) is 1.27. The van der Waals surface area contributed by atoms with Gasteiger partial charge in [0.15, 0.2) is 0 Å². The van der Waals surface area contributed by atoms with Crippen molar-refractivity contribution in [2.45, 2.75) is 45.4 Å². The van der Waals surface area contributed by atoms with Crippen LogP contribution in [0.2, 0.25) is 0 Å². The third-order valence-electron chi connectivity index (χ3n) is 4.93. The van der Waals surface area contributed by atoms with Crippen LogP contribution in [0.5, 0.6) is 0 Å². The number of benzene rings is 2. The average molecular weight is 409 g/mol. The largest absolute Gasteiger partial charge is 0.445 e. The topological polar surface area (TPSA) is 96.5 Å². The summed E-state index contributed by atoms with van der Waals surface area (Å²) >= 11 is 0. The number of rotatable bonds is 8. The Bertz CT molecular complexity index is 879. The summed E-state index contributed by atoms with van der Waals surface area (Å²) < 4.78 is 5.14. The molecular weight excluding hydrogens is 382 g/mol. The monoisotopic (exact) mass is 409 g/mol. The van der Waals surface area contributed by atoms with Gasteiger partial charge in [0.05, 0.1) is 6.04 Å². The highest BCUT2D eigenvalue weighted by Gasteiger charge is 2.29. The first kappa shape index (κ1) is 21.4. The number of carbonyl (C=O) groups excluding carboxylic acids is 3. The molecule has 3 N–H and O–H groups in total. The number of hydrogen-bond acceptors (Lipinski definition) is 4. The summed E-state index contributed by atoms with van der Waals surface area (Å²) in [5.41, 5.74) is 2.51. The number of ether oxygens (including phenoxy) is 1. The molecule has 2 aromatic rings. The van der Waals surface area contributed by atoms with Crippen molar-refractivity contribution in [3.05, 3.63) is 65.7 Å². The van der Waals surface area contributed by atoms with E-state index in [-0.39, 0.29) is 30.4 Å². The van der Waals surface area contributed by atoms with Crippen LogP contribution in [0, 0.1) is 5.92 Å². The van der Waals surface area contributed by atoms with Crippen LogP contribution in [-0.4, -0.2) is 23.9 Å². The fourth-order valence-corrected chi connectivity index (χ4v) is 2.87. The molecule has 0 saturated heterocycles. The minimum Gasteiger partial charge on any atom is -0.445 e. The minimum atomic E-state index is -0.743. The zero-order chi connectivity index (χ0) is 21.5. The van der Waals surface area contributed by atoms with Crippen LogP contribution < -0.4 is 16.0 Å². The van der Waals surface area contributed by atoms with Crippen molar-refractivity contribution < 1.29 is 19.1 Å². The Morgan fingerprint density at radius 1 is 0.967 bits per heavy atom. The molecule has 1 saturated carbocycles. The van der Waals surface area contributed by atoms with E-state index >= 15 is 0 Å². The minimum absolute atomic E-state index is 0.0585. The zero-order valence-corrected chi connectivity index (χ0v) is 17.2. The van der Waals surface area contributed by atoms with Crippen LogP contribution in [-0.2, 0) is 20.9 Å². The molecule has 0 heterocycles. The van der Waals surface area contributed by atoms with Gasteiger partial charge in [0.2, 0.25) is 11.8 Å². The number of amides is 3. The van der Waals surface area contributed by atoms with Crippen molar-refractivity contribution >= 4 is 23.6 Å². The highest BCUT2D eigenvalue weighted by molar-refractivity contribution is 5.94. The third-order valence-corrected chi connectivity index (χ3v) is 4.93. The molecule has 7 heteroatoms. The maximum absolute atomic E-state index is 12.4. The number of hydrogen-bond donors (Lipinski definition) is 3. The third kappa shape index (κ3) is 6.34. The van der Waals surface area contributed by atoms with Gasteiger partial charge in [0.25, 0.3) is 0 Å². The fourth-order valence-electron chi connectivity index (χ4n) is 2.87. The molecule has 2 atom stereocenters.